The van der Waals surface area contributed by atoms with Crippen LogP contribution in [-0.2, 0) is 14.3 Å². The van der Waals surface area contributed by atoms with E-state index < -0.39 is 0 Å². The van der Waals surface area contributed by atoms with Crippen molar-refractivity contribution in [1.82, 2.24) is 10.6 Å². The van der Waals surface area contributed by atoms with Crippen LogP contribution in [0.25, 0.3) is 0 Å². The molecular formula is C15H22ClN3O3S. The number of hydrogen-bond acceptors (Lipinski definition) is 5. The third-order valence-electron chi connectivity index (χ3n) is 3.18. The largest absolute Gasteiger partial charge is 0.383 e. The van der Waals surface area contributed by atoms with Gasteiger partial charge in [0.15, 0.2) is 0 Å². The summed E-state index contributed by atoms with van der Waals surface area (Å²) in [5, 5.41) is 8.42. The fourth-order valence-corrected chi connectivity index (χ4v) is 3.17. The van der Waals surface area contributed by atoms with Crippen LogP contribution in [0.3, 0.4) is 0 Å². The number of carbonyl (C=O) groups is 2. The van der Waals surface area contributed by atoms with Gasteiger partial charge in [0, 0.05) is 38.1 Å². The van der Waals surface area contributed by atoms with Gasteiger partial charge in [-0.05, 0) is 12.1 Å². The first-order valence-electron chi connectivity index (χ1n) is 7.23. The standard InChI is InChI=1S/C15H21N3O3S.ClH/c1-21-9-8-16-6-7-17-14(19)10-13-15(20)18-11-4-2-3-5-12(11)22-13;/h2-5,13,16H,6-10H2,1H3,(H,17,19)(H,18,20);1H. The lowest BCUT2D eigenvalue weighted by Gasteiger charge is -2.23. The van der Waals surface area contributed by atoms with E-state index in [4.69, 9.17) is 4.74 Å². The van der Waals surface area contributed by atoms with Gasteiger partial charge in [0.1, 0.15) is 0 Å². The molecule has 6 nitrogen and oxygen atoms in total. The summed E-state index contributed by atoms with van der Waals surface area (Å²) in [5.41, 5.74) is 0.816. The van der Waals surface area contributed by atoms with E-state index in [1.807, 2.05) is 24.3 Å². The van der Waals surface area contributed by atoms with Crippen molar-refractivity contribution in [2.45, 2.75) is 16.6 Å². The van der Waals surface area contributed by atoms with Crippen LogP contribution in [0.4, 0.5) is 5.69 Å². The van der Waals surface area contributed by atoms with Gasteiger partial charge in [0.05, 0.1) is 17.5 Å². The Kier molecular flexibility index (Phi) is 9.01. The molecule has 128 valence electrons. The van der Waals surface area contributed by atoms with Gasteiger partial charge in [0.25, 0.3) is 0 Å². The van der Waals surface area contributed by atoms with Gasteiger partial charge in [-0.25, -0.2) is 0 Å². The maximum Gasteiger partial charge on any atom is 0.238 e. The normalized spacial score (nSPS) is 16.0. The number of nitrogens with one attached hydrogen (secondary N) is 3. The minimum atomic E-state index is -0.378. The molecule has 2 rings (SSSR count). The van der Waals surface area contributed by atoms with Gasteiger partial charge in [0.2, 0.25) is 11.8 Å². The first kappa shape index (κ1) is 19.8. The molecular weight excluding hydrogens is 338 g/mol. The molecule has 0 aliphatic carbocycles. The second-order valence-electron chi connectivity index (χ2n) is 4.89. The Morgan fingerprint density at radius 1 is 1.30 bits per heavy atom. The Hall–Kier alpha value is -1.28. The van der Waals surface area contributed by atoms with E-state index in [1.54, 1.807) is 7.11 Å². The molecule has 1 aromatic rings. The van der Waals surface area contributed by atoms with E-state index in [9.17, 15) is 9.59 Å². The number of carbonyl (C=O) groups excluding carboxylic acids is 2. The second kappa shape index (κ2) is 10.5. The lowest BCUT2D eigenvalue weighted by atomic mass is 10.2. The molecule has 1 aliphatic rings. The maximum absolute atomic E-state index is 12.0. The van der Waals surface area contributed by atoms with Gasteiger partial charge in [-0.3, -0.25) is 9.59 Å². The number of amides is 2. The Labute approximate surface area is 146 Å². The predicted molar refractivity (Wildman–Crippen MR) is 94.3 cm³/mol. The molecule has 23 heavy (non-hydrogen) atoms. The number of fused-ring (bicyclic) bond motifs is 1. The Bertz CT molecular complexity index is 530. The van der Waals surface area contributed by atoms with Crippen molar-refractivity contribution in [3.05, 3.63) is 24.3 Å². The fraction of sp³-hybridized carbons (Fsp3) is 0.467. The number of rotatable bonds is 8. The van der Waals surface area contributed by atoms with E-state index in [0.717, 1.165) is 17.1 Å². The summed E-state index contributed by atoms with van der Waals surface area (Å²) in [7, 11) is 1.65. The van der Waals surface area contributed by atoms with Crippen LogP contribution in [0.1, 0.15) is 6.42 Å². The van der Waals surface area contributed by atoms with Crippen molar-refractivity contribution in [2.75, 3.05) is 38.7 Å². The number of methoxy groups -OCH3 is 1. The smallest absolute Gasteiger partial charge is 0.238 e. The zero-order chi connectivity index (χ0) is 15.8. The summed E-state index contributed by atoms with van der Waals surface area (Å²) >= 11 is 1.44. The van der Waals surface area contributed by atoms with Crippen molar-refractivity contribution in [1.29, 1.82) is 0 Å². The molecule has 0 spiro atoms. The minimum Gasteiger partial charge on any atom is -0.383 e. The number of para-hydroxylation sites is 1. The van der Waals surface area contributed by atoms with Crippen LogP contribution in [0, 0.1) is 0 Å². The number of hydrogen-bond donors (Lipinski definition) is 3. The highest BCUT2D eigenvalue weighted by Gasteiger charge is 2.28. The predicted octanol–water partition coefficient (Wildman–Crippen LogP) is 1.26. The van der Waals surface area contributed by atoms with Crippen molar-refractivity contribution in [3.63, 3.8) is 0 Å². The summed E-state index contributed by atoms with van der Waals surface area (Å²) < 4.78 is 4.91. The van der Waals surface area contributed by atoms with E-state index >= 15 is 0 Å². The van der Waals surface area contributed by atoms with Crippen LogP contribution in [0.2, 0.25) is 0 Å². The molecule has 0 aromatic heterocycles. The maximum atomic E-state index is 12.0. The fourth-order valence-electron chi connectivity index (χ4n) is 2.06. The first-order valence-corrected chi connectivity index (χ1v) is 8.11. The lowest BCUT2D eigenvalue weighted by molar-refractivity contribution is -0.124. The monoisotopic (exact) mass is 359 g/mol. The average molecular weight is 360 g/mol. The second-order valence-corrected chi connectivity index (χ2v) is 6.13. The quantitative estimate of drug-likeness (QED) is 0.609. The molecule has 1 heterocycles. The van der Waals surface area contributed by atoms with E-state index in [0.29, 0.717) is 19.7 Å². The summed E-state index contributed by atoms with van der Waals surface area (Å²) in [6.45, 7) is 2.62. The summed E-state index contributed by atoms with van der Waals surface area (Å²) in [4.78, 5) is 24.9. The van der Waals surface area contributed by atoms with Crippen molar-refractivity contribution in [2.24, 2.45) is 0 Å². The van der Waals surface area contributed by atoms with Gasteiger partial charge in [-0.15, -0.1) is 24.2 Å². The molecule has 2 amide bonds. The molecule has 0 radical (unpaired) electrons. The zero-order valence-corrected chi connectivity index (χ0v) is 14.6. The molecule has 3 N–H and O–H groups in total. The number of anilines is 1. The van der Waals surface area contributed by atoms with Gasteiger partial charge in [-0.2, -0.15) is 0 Å². The molecule has 1 aliphatic heterocycles. The lowest BCUT2D eigenvalue weighted by Crippen LogP contribution is -2.37. The van der Waals surface area contributed by atoms with Crippen LogP contribution in [0.15, 0.2) is 29.2 Å². The summed E-state index contributed by atoms with van der Waals surface area (Å²) in [5.74, 6) is -0.224. The highest BCUT2D eigenvalue weighted by Crippen LogP contribution is 2.36. The van der Waals surface area contributed by atoms with E-state index in [-0.39, 0.29) is 35.9 Å². The number of benzene rings is 1. The molecule has 1 unspecified atom stereocenters. The van der Waals surface area contributed by atoms with Crippen molar-refractivity contribution >= 4 is 41.7 Å². The summed E-state index contributed by atoms with van der Waals surface area (Å²) in [6, 6.07) is 7.61. The van der Waals surface area contributed by atoms with E-state index in [1.165, 1.54) is 11.8 Å². The SMILES string of the molecule is COCCNCCNC(=O)CC1Sc2ccccc2NC1=O.Cl. The van der Waals surface area contributed by atoms with Gasteiger partial charge < -0.3 is 20.7 Å². The Balaban J connectivity index is 0.00000264. The van der Waals surface area contributed by atoms with Crippen LogP contribution in [0.5, 0.6) is 0 Å². The van der Waals surface area contributed by atoms with E-state index in [2.05, 4.69) is 16.0 Å². The van der Waals surface area contributed by atoms with Crippen LogP contribution >= 0.6 is 24.2 Å². The molecule has 8 heteroatoms. The van der Waals surface area contributed by atoms with Gasteiger partial charge in [-0.1, -0.05) is 12.1 Å². The molecule has 0 bridgehead atoms. The van der Waals surface area contributed by atoms with Crippen LogP contribution in [-0.4, -0.2) is 50.4 Å². The van der Waals surface area contributed by atoms with Crippen molar-refractivity contribution < 1.29 is 14.3 Å². The minimum absolute atomic E-state index is 0. The average Bonchev–Trinajstić information content (AvgIpc) is 2.51. The number of halogens is 1. The molecule has 0 saturated carbocycles. The van der Waals surface area contributed by atoms with Crippen LogP contribution < -0.4 is 16.0 Å². The third kappa shape index (κ3) is 6.39. The number of ether oxygens (including phenoxy) is 1. The number of thioether (sulfide) groups is 1. The first-order chi connectivity index (χ1) is 10.7. The molecule has 0 saturated heterocycles. The summed E-state index contributed by atoms with van der Waals surface area (Å²) in [6.07, 6.45) is 0.183. The molecule has 1 aromatic carbocycles. The topological polar surface area (TPSA) is 79.5 Å². The van der Waals surface area contributed by atoms with Gasteiger partial charge >= 0.3 is 0 Å². The molecule has 0 fully saturated rings. The molecule has 1 atom stereocenters. The zero-order valence-electron chi connectivity index (χ0n) is 13.0. The third-order valence-corrected chi connectivity index (χ3v) is 4.46. The highest BCUT2D eigenvalue weighted by atomic mass is 35.5. The Morgan fingerprint density at radius 2 is 2.09 bits per heavy atom. The van der Waals surface area contributed by atoms with Crippen molar-refractivity contribution in [3.8, 4) is 0 Å². The highest BCUT2D eigenvalue weighted by molar-refractivity contribution is 8.01. The Morgan fingerprint density at radius 3 is 2.87 bits per heavy atom.